The van der Waals surface area contributed by atoms with E-state index in [9.17, 15) is 170 Å². The molecule has 25 nitrogen and oxygen atoms in total. The first-order valence-electron chi connectivity index (χ1n) is 39.1. The maximum absolute atomic E-state index is 14.6. The molecule has 766 valence electrons. The largest absolute Gasteiger partial charge is 0.534 e. The molecule has 54 heteroatoms. The van der Waals surface area contributed by atoms with Crippen molar-refractivity contribution in [3.05, 3.63) is 223 Å². The summed E-state index contributed by atoms with van der Waals surface area (Å²) < 4.78 is 429. The Morgan fingerprint density at radius 1 is 0.407 bits per heavy atom. The topological polar surface area (TPSA) is 331 Å². The normalized spacial score (nSPS) is 13.7. The number of ketones is 4. The van der Waals surface area contributed by atoms with E-state index in [-0.39, 0.29) is 62.1 Å². The third-order valence-corrected chi connectivity index (χ3v) is 19.7. The molecular weight excluding hydrogens is 1990 g/mol. The molecular formula is C86H74BF27O25S. The Balaban J connectivity index is 0.000000292. The van der Waals surface area contributed by atoms with Crippen LogP contribution in [0.5, 0.6) is 40.2 Å². The van der Waals surface area contributed by atoms with Crippen molar-refractivity contribution in [2.45, 2.75) is 128 Å². The standard InChI is InChI=1S/C19H14F4O4.C15H21BO3.C13H12F4O5.C12H7F7O6S.C11H8F4O4.C9H8F4O2.C7H4F4O/c1-26-18(25)17(24)16-12(19(21,22)23)5-6-13(20)15(16)11-4-7-14-10(9-11)3-2-8-27-14;1-14(2)15(3,4)19-16(18-14)12-7-8-13-11(10-12)6-5-9-17-13;1-3-21-12(19)10(18)9-7(13(15,16)17)4-5-8(14)11(9)22-6-20-2;1-2-24-10(21)8(20)7-5(11(14,15)16)3-4-6(13)9(7)25-26(22,23)12(17,18)19;1-2-19-10(18)9(17)7-5(11(13,14)15)3-4-6(12)8(7)16;1-14-5-15-8-4-6(9(11,12)13)2-3-7(8)10;8-5-2-1-4(3-6(5)12)7(9,10)11/h4-7,9H,2-3,8H2,1H3;7-8,10H,5-6,9H2,1-4H3;4-5H,3,6H2,1-2H3;3-4H,2H2,1H3;3-4,16H,2H2,1H3;2-4H,5H2,1H3;1-3,12H. The van der Waals surface area contributed by atoms with E-state index < -0.39 is 238 Å². The molecule has 0 radical (unpaired) electrons. The lowest BCUT2D eigenvalue weighted by atomic mass is 9.78. The van der Waals surface area contributed by atoms with E-state index in [1.54, 1.807) is 0 Å². The van der Waals surface area contributed by atoms with E-state index in [1.807, 2.05) is 12.1 Å². The molecule has 3 aliphatic heterocycles. The van der Waals surface area contributed by atoms with Crippen molar-refractivity contribution in [3.63, 3.8) is 0 Å². The van der Waals surface area contributed by atoms with E-state index in [0.717, 1.165) is 51.8 Å². The highest BCUT2D eigenvalue weighted by Crippen LogP contribution is 2.46. The Bertz CT molecular complexity index is 5900. The first kappa shape index (κ1) is 117. The fraction of sp³-hybridized carbons (Fsp3) is 0.349. The molecule has 0 bridgehead atoms. The summed E-state index contributed by atoms with van der Waals surface area (Å²) in [6.07, 6.45) is -26.0. The number of rotatable bonds is 21. The van der Waals surface area contributed by atoms with Gasteiger partial charge >= 0.3 is 83.7 Å². The van der Waals surface area contributed by atoms with Gasteiger partial charge in [0.2, 0.25) is 0 Å². The lowest BCUT2D eigenvalue weighted by Crippen LogP contribution is -2.41. The van der Waals surface area contributed by atoms with E-state index in [1.165, 1.54) is 44.7 Å². The highest BCUT2D eigenvalue weighted by Gasteiger charge is 2.54. The number of fused-ring (bicyclic) bond motifs is 2. The lowest BCUT2D eigenvalue weighted by Gasteiger charge is -2.32. The van der Waals surface area contributed by atoms with Crippen molar-refractivity contribution in [3.8, 4) is 51.4 Å². The Morgan fingerprint density at radius 2 is 0.779 bits per heavy atom. The van der Waals surface area contributed by atoms with Gasteiger partial charge in [-0.1, -0.05) is 18.2 Å². The van der Waals surface area contributed by atoms with Gasteiger partial charge in [-0.25, -0.2) is 45.5 Å². The average molecular weight is 2060 g/mol. The number of alkyl halides is 21. The number of phenols is 2. The SMILES string of the molecule is CC1(C)OB(c2ccc3c(c2)CCCO3)OC1(C)C.CCOC(=O)C(=O)c1c(C(F)(F)F)ccc(F)c1O.CCOC(=O)C(=O)c1c(C(F)(F)F)ccc(F)c1OCOC.CCOC(=O)C(=O)c1c(C(F)(F)F)ccc(F)c1OS(=O)(=O)C(F)(F)F.COC(=O)C(=O)c1c(C(F)(F)F)ccc(F)c1-c1ccc2c(c1)CCCO2.COCOc1cc(C(F)(F)F)ccc1F.Oc1cc(C(F)(F)F)ccc1F. The van der Waals surface area contributed by atoms with Crippen molar-refractivity contribution in [1.82, 2.24) is 0 Å². The van der Waals surface area contributed by atoms with Gasteiger partial charge in [-0.3, -0.25) is 19.2 Å². The highest BCUT2D eigenvalue weighted by molar-refractivity contribution is 7.88. The molecule has 0 spiro atoms. The summed E-state index contributed by atoms with van der Waals surface area (Å²) in [6.45, 7) is 11.6. The summed E-state index contributed by atoms with van der Waals surface area (Å²) in [5.74, 6) is -26.3. The second-order valence-corrected chi connectivity index (χ2v) is 30.3. The minimum Gasteiger partial charge on any atom is -0.505 e. The third kappa shape index (κ3) is 30.9. The van der Waals surface area contributed by atoms with E-state index in [4.69, 9.17) is 23.9 Å². The van der Waals surface area contributed by atoms with Crippen LogP contribution in [-0.2, 0) is 117 Å². The average Bonchev–Trinajstić information content (AvgIpc) is 1.02. The number of carbonyl (C=O) groups excluding carboxylic acids is 8. The summed E-state index contributed by atoms with van der Waals surface area (Å²) in [6, 6.07) is 16.4. The minimum absolute atomic E-state index is 0.0510. The molecule has 0 saturated carbocycles. The van der Waals surface area contributed by atoms with E-state index >= 15 is 0 Å². The molecule has 0 aromatic heterocycles. The van der Waals surface area contributed by atoms with E-state index in [0.29, 0.717) is 97.5 Å². The summed E-state index contributed by atoms with van der Waals surface area (Å²) in [5.41, 5.74) is -18.7. The Kier molecular flexibility index (Phi) is 40.4. The van der Waals surface area contributed by atoms with Gasteiger partial charge in [-0.05, 0) is 199 Å². The second-order valence-electron chi connectivity index (χ2n) is 28.8. The van der Waals surface area contributed by atoms with Crippen LogP contribution in [0.25, 0.3) is 11.1 Å². The summed E-state index contributed by atoms with van der Waals surface area (Å²) in [4.78, 5) is 93.0. The zero-order chi connectivity index (χ0) is 106. The molecule has 1 fully saturated rings. The van der Waals surface area contributed by atoms with Crippen LogP contribution in [0.15, 0.2) is 121 Å². The van der Waals surface area contributed by atoms with Gasteiger partial charge < -0.3 is 71.1 Å². The number of carbonyl (C=O) groups is 8. The fourth-order valence-corrected chi connectivity index (χ4v) is 12.1. The van der Waals surface area contributed by atoms with Crippen molar-refractivity contribution in [1.29, 1.82) is 0 Å². The minimum atomic E-state index is -6.64. The Morgan fingerprint density at radius 3 is 1.20 bits per heavy atom. The molecule has 1 saturated heterocycles. The molecule has 3 aliphatic rings. The number of Topliss-reactive ketones (excluding diaryl/α,β-unsaturated/α-hetero) is 4. The van der Waals surface area contributed by atoms with Gasteiger partial charge in [0.1, 0.15) is 17.3 Å². The van der Waals surface area contributed by atoms with Gasteiger partial charge in [-0.15, -0.1) is 0 Å². The van der Waals surface area contributed by atoms with Gasteiger partial charge in [0, 0.05) is 19.8 Å². The van der Waals surface area contributed by atoms with Crippen molar-refractivity contribution >= 4 is 69.7 Å². The van der Waals surface area contributed by atoms with Crippen molar-refractivity contribution < 1.29 is 236 Å². The van der Waals surface area contributed by atoms with Crippen LogP contribution in [0, 0.1) is 34.9 Å². The molecule has 0 atom stereocenters. The smallest absolute Gasteiger partial charge is 0.505 e. The molecule has 140 heavy (non-hydrogen) atoms. The van der Waals surface area contributed by atoms with Crippen molar-refractivity contribution in [2.24, 2.45) is 0 Å². The predicted octanol–water partition coefficient (Wildman–Crippen LogP) is 19.6. The van der Waals surface area contributed by atoms with Gasteiger partial charge in [-0.2, -0.15) is 101 Å². The number of benzene rings is 8. The first-order chi connectivity index (χ1) is 64.5. The van der Waals surface area contributed by atoms with Gasteiger partial charge in [0.25, 0.3) is 23.1 Å². The van der Waals surface area contributed by atoms with E-state index in [2.05, 4.69) is 75.8 Å². The number of aromatic hydroxyl groups is 2. The molecule has 11 rings (SSSR count). The van der Waals surface area contributed by atoms with Gasteiger partial charge in [0.15, 0.2) is 71.4 Å². The van der Waals surface area contributed by atoms with Crippen LogP contribution in [0.1, 0.15) is 147 Å². The fourth-order valence-electron chi connectivity index (χ4n) is 11.6. The molecule has 0 aliphatic carbocycles. The van der Waals surface area contributed by atoms with Crippen LogP contribution in [0.3, 0.4) is 0 Å². The van der Waals surface area contributed by atoms with Crippen LogP contribution >= 0.6 is 0 Å². The molecule has 8 aromatic carbocycles. The zero-order valence-corrected chi connectivity index (χ0v) is 74.1. The Hall–Kier alpha value is -13.1. The number of ether oxygens (including phenoxy) is 10. The summed E-state index contributed by atoms with van der Waals surface area (Å²) in [5, 5.41) is 17.8. The summed E-state index contributed by atoms with van der Waals surface area (Å²) >= 11 is 0. The predicted molar refractivity (Wildman–Crippen MR) is 427 cm³/mol. The molecule has 2 N–H and O–H groups in total. The Labute approximate surface area is 773 Å². The monoisotopic (exact) mass is 2060 g/mol. The van der Waals surface area contributed by atoms with Crippen molar-refractivity contribution in [2.75, 3.05) is 67.9 Å². The zero-order valence-electron chi connectivity index (χ0n) is 73.3. The molecule has 0 amide bonds. The number of phenolic OH excluding ortho intramolecular Hbond substituents is 2. The lowest BCUT2D eigenvalue weighted by molar-refractivity contribution is -0.140. The third-order valence-electron chi connectivity index (χ3n) is 18.7. The quantitative estimate of drug-likeness (QED) is 0.00776. The number of halogens is 27. The number of hydrogen-bond acceptors (Lipinski definition) is 25. The van der Waals surface area contributed by atoms with Crippen LogP contribution in [0.2, 0.25) is 0 Å². The maximum Gasteiger partial charge on any atom is 0.534 e. The second kappa shape index (κ2) is 48.2. The molecule has 0 unspecified atom stereocenters. The maximum atomic E-state index is 14.6. The van der Waals surface area contributed by atoms with Crippen LogP contribution in [-0.4, -0.2) is 157 Å². The van der Waals surface area contributed by atoms with Crippen LogP contribution < -0.4 is 28.6 Å². The summed E-state index contributed by atoms with van der Waals surface area (Å²) in [7, 11) is -3.62. The molecule has 3 heterocycles. The first-order valence-corrected chi connectivity index (χ1v) is 40.5. The molecule has 8 aromatic rings. The van der Waals surface area contributed by atoms with Crippen LogP contribution in [0.4, 0.5) is 119 Å². The highest BCUT2D eigenvalue weighted by atomic mass is 32.2. The number of hydrogen-bond donors (Lipinski definition) is 2. The number of esters is 4. The number of methoxy groups -OCH3 is 3. The number of aryl methyl sites for hydroxylation is 2. The van der Waals surface area contributed by atoms with Gasteiger partial charge in [0.05, 0.1) is 107 Å².